The van der Waals surface area contributed by atoms with Crippen LogP contribution in [0.5, 0.6) is 5.75 Å². The van der Waals surface area contributed by atoms with Crippen LogP contribution in [-0.2, 0) is 4.79 Å². The molecule has 3 N–H and O–H groups in total. The van der Waals surface area contributed by atoms with Crippen molar-refractivity contribution in [2.75, 3.05) is 17.3 Å². The Morgan fingerprint density at radius 3 is 2.42 bits per heavy atom. The first kappa shape index (κ1) is 20.9. The SMILES string of the molecule is O=C(COc1ccccc1)NNc1ncnc(Nc2cccc([N+](=O)[O-])c2)c1[N+](=O)[O-]. The van der Waals surface area contributed by atoms with E-state index in [2.05, 4.69) is 26.1 Å². The molecule has 13 nitrogen and oxygen atoms in total. The third kappa shape index (κ3) is 5.60. The number of para-hydroxylation sites is 1. The van der Waals surface area contributed by atoms with Crippen LogP contribution in [0.25, 0.3) is 0 Å². The fourth-order valence-electron chi connectivity index (χ4n) is 2.40. The lowest BCUT2D eigenvalue weighted by molar-refractivity contribution is -0.384. The zero-order chi connectivity index (χ0) is 22.2. The van der Waals surface area contributed by atoms with E-state index in [1.54, 1.807) is 30.3 Å². The van der Waals surface area contributed by atoms with Gasteiger partial charge in [-0.2, -0.15) is 0 Å². The maximum absolute atomic E-state index is 12.0. The molecule has 0 saturated heterocycles. The minimum absolute atomic E-state index is 0.203. The second-order valence-corrected chi connectivity index (χ2v) is 5.88. The van der Waals surface area contributed by atoms with Crippen molar-refractivity contribution in [1.82, 2.24) is 15.4 Å². The molecule has 31 heavy (non-hydrogen) atoms. The van der Waals surface area contributed by atoms with Crippen LogP contribution in [0.1, 0.15) is 0 Å². The smallest absolute Gasteiger partial charge is 0.355 e. The van der Waals surface area contributed by atoms with Crippen molar-refractivity contribution in [3.05, 3.63) is 81.2 Å². The first-order valence-corrected chi connectivity index (χ1v) is 8.67. The number of carbonyl (C=O) groups is 1. The minimum Gasteiger partial charge on any atom is -0.484 e. The average molecular weight is 425 g/mol. The van der Waals surface area contributed by atoms with Crippen molar-refractivity contribution >= 4 is 34.6 Å². The molecule has 0 aliphatic rings. The second-order valence-electron chi connectivity index (χ2n) is 5.88. The van der Waals surface area contributed by atoms with Gasteiger partial charge in [-0.05, 0) is 18.2 Å². The first-order valence-electron chi connectivity index (χ1n) is 8.67. The predicted octanol–water partition coefficient (Wildman–Crippen LogP) is 2.56. The zero-order valence-electron chi connectivity index (χ0n) is 15.7. The highest BCUT2D eigenvalue weighted by Crippen LogP contribution is 2.31. The number of nitrogens with zero attached hydrogens (tertiary/aromatic N) is 4. The Kier molecular flexibility index (Phi) is 6.47. The number of non-ortho nitro benzene ring substituents is 1. The van der Waals surface area contributed by atoms with Crippen molar-refractivity contribution in [3.63, 3.8) is 0 Å². The van der Waals surface area contributed by atoms with E-state index >= 15 is 0 Å². The number of nitro benzene ring substituents is 1. The molecule has 2 aromatic carbocycles. The third-order valence-corrected chi connectivity index (χ3v) is 3.76. The van der Waals surface area contributed by atoms with E-state index in [-0.39, 0.29) is 29.6 Å². The summed E-state index contributed by atoms with van der Waals surface area (Å²) >= 11 is 0. The third-order valence-electron chi connectivity index (χ3n) is 3.76. The number of nitrogens with one attached hydrogen (secondary N) is 3. The Labute approximate surface area is 174 Å². The van der Waals surface area contributed by atoms with Crippen LogP contribution < -0.4 is 20.9 Å². The zero-order valence-corrected chi connectivity index (χ0v) is 15.7. The molecule has 0 unspecified atom stereocenters. The maximum Gasteiger partial charge on any atom is 0.355 e. The summed E-state index contributed by atoms with van der Waals surface area (Å²) < 4.78 is 5.28. The minimum atomic E-state index is -0.755. The van der Waals surface area contributed by atoms with E-state index in [0.717, 1.165) is 6.33 Å². The van der Waals surface area contributed by atoms with Gasteiger partial charge < -0.3 is 10.1 Å². The maximum atomic E-state index is 12.0. The summed E-state index contributed by atoms with van der Waals surface area (Å²) in [6.07, 6.45) is 1.03. The molecule has 3 rings (SSSR count). The van der Waals surface area contributed by atoms with Gasteiger partial charge in [0.1, 0.15) is 12.1 Å². The molecule has 0 spiro atoms. The van der Waals surface area contributed by atoms with Crippen molar-refractivity contribution in [2.45, 2.75) is 0 Å². The van der Waals surface area contributed by atoms with Gasteiger partial charge in [-0.15, -0.1) is 0 Å². The van der Waals surface area contributed by atoms with E-state index < -0.39 is 21.4 Å². The molecule has 158 valence electrons. The Hall–Kier alpha value is -4.81. The highest BCUT2D eigenvalue weighted by atomic mass is 16.6. The Bertz CT molecular complexity index is 1110. The predicted molar refractivity (Wildman–Crippen MR) is 109 cm³/mol. The summed E-state index contributed by atoms with van der Waals surface area (Å²) in [7, 11) is 0. The van der Waals surface area contributed by atoms with Gasteiger partial charge >= 0.3 is 5.69 Å². The van der Waals surface area contributed by atoms with Gasteiger partial charge in [0.05, 0.1) is 9.85 Å². The number of nitro groups is 2. The normalized spacial score (nSPS) is 10.1. The van der Waals surface area contributed by atoms with Crippen LogP contribution >= 0.6 is 0 Å². The van der Waals surface area contributed by atoms with Crippen molar-refractivity contribution in [1.29, 1.82) is 0 Å². The molecule has 1 aromatic heterocycles. The monoisotopic (exact) mass is 425 g/mol. The largest absolute Gasteiger partial charge is 0.484 e. The van der Waals surface area contributed by atoms with E-state index in [0.29, 0.717) is 5.75 Å². The fraction of sp³-hybridized carbons (Fsp3) is 0.0556. The van der Waals surface area contributed by atoms with Crippen molar-refractivity contribution in [3.8, 4) is 5.75 Å². The number of hydrazine groups is 1. The summed E-state index contributed by atoms with van der Waals surface area (Å²) in [6.45, 7) is -0.339. The highest BCUT2D eigenvalue weighted by molar-refractivity contribution is 5.80. The summed E-state index contributed by atoms with van der Waals surface area (Å²) in [4.78, 5) is 40.7. The number of anilines is 3. The van der Waals surface area contributed by atoms with Gasteiger partial charge in [-0.25, -0.2) is 9.97 Å². The molecule has 0 aliphatic heterocycles. The summed E-state index contributed by atoms with van der Waals surface area (Å²) in [5, 5.41) is 25.1. The number of ether oxygens (including phenoxy) is 1. The Morgan fingerprint density at radius 1 is 0.968 bits per heavy atom. The number of carbonyl (C=O) groups excluding carboxylic acids is 1. The summed E-state index contributed by atoms with van der Waals surface area (Å²) in [6, 6.07) is 14.0. The molecule has 1 amide bonds. The van der Waals surface area contributed by atoms with Crippen LogP contribution in [-0.4, -0.2) is 32.3 Å². The number of rotatable bonds is 9. The Balaban J connectivity index is 1.71. The van der Waals surface area contributed by atoms with Crippen LogP contribution in [0, 0.1) is 20.2 Å². The lowest BCUT2D eigenvalue weighted by atomic mass is 10.3. The molecular formula is C18H15N7O6. The number of aromatic nitrogens is 2. The molecule has 0 bridgehead atoms. The van der Waals surface area contributed by atoms with Crippen LogP contribution in [0.4, 0.5) is 28.7 Å². The molecule has 0 saturated carbocycles. The van der Waals surface area contributed by atoms with Crippen LogP contribution in [0.2, 0.25) is 0 Å². The summed E-state index contributed by atoms with van der Waals surface area (Å²) in [5.41, 5.74) is 4.06. The Morgan fingerprint density at radius 2 is 1.71 bits per heavy atom. The topological polar surface area (TPSA) is 174 Å². The van der Waals surface area contributed by atoms with E-state index in [1.165, 1.54) is 24.3 Å². The molecule has 13 heteroatoms. The fourth-order valence-corrected chi connectivity index (χ4v) is 2.40. The molecule has 3 aromatic rings. The van der Waals surface area contributed by atoms with Crippen molar-refractivity contribution < 1.29 is 19.4 Å². The highest BCUT2D eigenvalue weighted by Gasteiger charge is 2.24. The summed E-state index contributed by atoms with van der Waals surface area (Å²) in [5.74, 6) is -0.641. The van der Waals surface area contributed by atoms with E-state index in [9.17, 15) is 25.0 Å². The first-order chi connectivity index (χ1) is 14.9. The van der Waals surface area contributed by atoms with Gasteiger partial charge in [0.25, 0.3) is 11.6 Å². The van der Waals surface area contributed by atoms with Gasteiger partial charge in [-0.3, -0.25) is 35.9 Å². The van der Waals surface area contributed by atoms with E-state index in [1.807, 2.05) is 0 Å². The number of benzene rings is 2. The van der Waals surface area contributed by atoms with Gasteiger partial charge in [0.15, 0.2) is 6.61 Å². The molecule has 0 fully saturated rings. The molecule has 0 radical (unpaired) electrons. The standard InChI is InChI=1S/C18H15N7O6/c26-15(10-31-14-7-2-1-3-8-14)22-23-18-16(25(29)30)17(19-11-20-18)21-12-5-4-6-13(9-12)24(27)28/h1-9,11H,10H2,(H,22,26)(H2,19,20,21,23). The quantitative estimate of drug-likeness (QED) is 0.341. The molecule has 1 heterocycles. The molecule has 0 aliphatic carbocycles. The van der Waals surface area contributed by atoms with Gasteiger partial charge in [0.2, 0.25) is 11.6 Å². The second kappa shape index (κ2) is 9.60. The van der Waals surface area contributed by atoms with Crippen LogP contribution in [0.3, 0.4) is 0 Å². The van der Waals surface area contributed by atoms with Crippen LogP contribution in [0.15, 0.2) is 60.9 Å². The lowest BCUT2D eigenvalue weighted by Crippen LogP contribution is -2.34. The average Bonchev–Trinajstić information content (AvgIpc) is 2.77. The van der Waals surface area contributed by atoms with Gasteiger partial charge in [0, 0.05) is 17.8 Å². The van der Waals surface area contributed by atoms with Crippen molar-refractivity contribution in [2.24, 2.45) is 0 Å². The van der Waals surface area contributed by atoms with Gasteiger partial charge in [-0.1, -0.05) is 24.3 Å². The number of hydrogen-bond acceptors (Lipinski definition) is 10. The van der Waals surface area contributed by atoms with E-state index in [4.69, 9.17) is 4.74 Å². The number of amides is 1. The molecular weight excluding hydrogens is 410 g/mol. The number of hydrogen-bond donors (Lipinski definition) is 3. The molecule has 0 atom stereocenters. The lowest BCUT2D eigenvalue weighted by Gasteiger charge is -2.11.